The number of alkyl halides is 3. The molecule has 10 heteroatoms. The Labute approximate surface area is 197 Å². The van der Waals surface area contributed by atoms with Crippen LogP contribution in [-0.4, -0.2) is 29.0 Å². The average molecular weight is 489 g/mol. The molecule has 4 aromatic rings. The van der Waals surface area contributed by atoms with E-state index in [1.807, 2.05) is 42.5 Å². The summed E-state index contributed by atoms with van der Waals surface area (Å²) in [5.74, 6) is -1.48. The molecule has 0 radical (unpaired) electrons. The highest BCUT2D eigenvalue weighted by molar-refractivity contribution is 8.00. The molecule has 0 aliphatic rings. The minimum Gasteiger partial charge on any atom is -0.480 e. The zero-order valence-electron chi connectivity index (χ0n) is 17.9. The van der Waals surface area contributed by atoms with Crippen molar-refractivity contribution in [1.82, 2.24) is 9.97 Å². The predicted molar refractivity (Wildman–Crippen MR) is 124 cm³/mol. The predicted octanol–water partition coefficient (Wildman–Crippen LogP) is 6.65. The van der Waals surface area contributed by atoms with Crippen LogP contribution in [0.15, 0.2) is 66.9 Å². The fraction of sp³-hybridized carbons (Fsp3) is 0.167. The lowest BCUT2D eigenvalue weighted by atomic mass is 10.1. The number of ether oxygens (including phenoxy) is 2. The lowest BCUT2D eigenvalue weighted by Crippen LogP contribution is -2.12. The third-order valence-electron chi connectivity index (χ3n) is 4.81. The van der Waals surface area contributed by atoms with Gasteiger partial charge in [0.2, 0.25) is 11.8 Å². The van der Waals surface area contributed by atoms with Crippen LogP contribution in [0.1, 0.15) is 5.56 Å². The van der Waals surface area contributed by atoms with Crippen molar-refractivity contribution in [3.8, 4) is 23.0 Å². The van der Waals surface area contributed by atoms with Gasteiger partial charge in [0.1, 0.15) is 29.6 Å². The number of aromatic nitrogens is 2. The Bertz CT molecular complexity index is 1300. The number of nitrogens with one attached hydrogen (secondary N) is 1. The molecule has 0 fully saturated rings. The molecule has 34 heavy (non-hydrogen) atoms. The molecule has 0 amide bonds. The molecule has 0 atom stereocenters. The lowest BCUT2D eigenvalue weighted by molar-refractivity contribution is -0.105. The molecule has 1 N–H and O–H groups in total. The van der Waals surface area contributed by atoms with Crippen molar-refractivity contribution in [2.75, 3.05) is 17.6 Å². The Kier molecular flexibility index (Phi) is 7.06. The van der Waals surface area contributed by atoms with Gasteiger partial charge in [-0.3, -0.25) is 0 Å². The molecule has 0 aliphatic carbocycles. The molecule has 2 aromatic carbocycles. The van der Waals surface area contributed by atoms with E-state index in [-0.39, 0.29) is 35.3 Å². The van der Waals surface area contributed by atoms with Gasteiger partial charge in [-0.2, -0.15) is 13.2 Å². The van der Waals surface area contributed by atoms with E-state index in [0.717, 1.165) is 16.3 Å². The van der Waals surface area contributed by atoms with Gasteiger partial charge in [0.05, 0.1) is 7.11 Å². The van der Waals surface area contributed by atoms with Crippen molar-refractivity contribution in [2.24, 2.45) is 0 Å². The van der Waals surface area contributed by atoms with Crippen molar-refractivity contribution in [2.45, 2.75) is 12.8 Å². The zero-order chi connectivity index (χ0) is 24.1. The summed E-state index contributed by atoms with van der Waals surface area (Å²) in [6.45, 7) is 0.223. The summed E-state index contributed by atoms with van der Waals surface area (Å²) >= 11 is 0.427. The third-order valence-corrected chi connectivity index (χ3v) is 5.65. The number of rotatable bonds is 8. The third kappa shape index (κ3) is 5.69. The molecule has 5 nitrogen and oxygen atoms in total. The number of benzene rings is 2. The van der Waals surface area contributed by atoms with Gasteiger partial charge in [0.25, 0.3) is 0 Å². The highest BCUT2D eigenvalue weighted by Crippen LogP contribution is 2.32. The molecule has 2 heterocycles. The van der Waals surface area contributed by atoms with E-state index in [4.69, 9.17) is 9.47 Å². The van der Waals surface area contributed by atoms with Crippen molar-refractivity contribution in [3.05, 3.63) is 78.2 Å². The quantitative estimate of drug-likeness (QED) is 0.221. The van der Waals surface area contributed by atoms with Crippen LogP contribution < -0.4 is 14.2 Å². The van der Waals surface area contributed by atoms with Crippen LogP contribution in [-0.2, 0) is 6.61 Å². The van der Waals surface area contributed by atoms with Crippen molar-refractivity contribution in [3.63, 3.8) is 0 Å². The van der Waals surface area contributed by atoms with Crippen LogP contribution in [0.5, 0.6) is 11.8 Å². The normalized spacial score (nSPS) is 11.4. The summed E-state index contributed by atoms with van der Waals surface area (Å²) in [5, 5.41) is 2.11. The van der Waals surface area contributed by atoms with Gasteiger partial charge in [-0.25, -0.2) is 14.4 Å². The van der Waals surface area contributed by atoms with E-state index in [1.54, 1.807) is 0 Å². The first-order chi connectivity index (χ1) is 16.3. The van der Waals surface area contributed by atoms with Crippen LogP contribution >= 0.6 is 11.9 Å². The highest BCUT2D eigenvalue weighted by Gasteiger charge is 2.27. The fourth-order valence-electron chi connectivity index (χ4n) is 3.29. The molecule has 0 saturated heterocycles. The van der Waals surface area contributed by atoms with Gasteiger partial charge in [0.15, 0.2) is 0 Å². The number of halogens is 4. The monoisotopic (exact) mass is 489 g/mol. The largest absolute Gasteiger partial charge is 0.480 e. The van der Waals surface area contributed by atoms with Crippen molar-refractivity contribution < 1.29 is 27.0 Å². The molecule has 0 saturated carbocycles. The van der Waals surface area contributed by atoms with E-state index in [9.17, 15) is 17.6 Å². The molecule has 2 aromatic heterocycles. The number of pyridine rings is 2. The van der Waals surface area contributed by atoms with Gasteiger partial charge in [-0.05, 0) is 40.4 Å². The first-order valence-corrected chi connectivity index (χ1v) is 11.1. The van der Waals surface area contributed by atoms with Crippen LogP contribution in [0.2, 0.25) is 0 Å². The fourth-order valence-corrected chi connectivity index (χ4v) is 3.83. The van der Waals surface area contributed by atoms with Crippen LogP contribution in [0, 0.1) is 5.82 Å². The minimum atomic E-state index is -4.35. The summed E-state index contributed by atoms with van der Waals surface area (Å²) in [4.78, 5) is 8.32. The summed E-state index contributed by atoms with van der Waals surface area (Å²) < 4.78 is 65.5. The topological polar surface area (TPSA) is 56.3 Å². The Morgan fingerprint density at radius 2 is 1.82 bits per heavy atom. The van der Waals surface area contributed by atoms with E-state index in [0.29, 0.717) is 11.9 Å². The Morgan fingerprint density at radius 1 is 1.03 bits per heavy atom. The minimum absolute atomic E-state index is 0.0468. The zero-order valence-corrected chi connectivity index (χ0v) is 18.7. The molecular weight excluding hydrogens is 470 g/mol. The van der Waals surface area contributed by atoms with E-state index in [1.165, 1.54) is 31.5 Å². The van der Waals surface area contributed by atoms with Crippen molar-refractivity contribution in [1.29, 1.82) is 0 Å². The standard InChI is InChI=1S/C24H19F4N3O2S/c1-32-23-20(31-34-14-24(26,27)28)11-17(12-29-23)22-19(25)9-10-21(30-22)33-13-16-7-4-6-15-5-2-3-8-18(15)16/h2-12,31H,13-14H2,1H3. The van der Waals surface area contributed by atoms with Gasteiger partial charge < -0.3 is 14.2 Å². The smallest absolute Gasteiger partial charge is 0.399 e. The summed E-state index contributed by atoms with van der Waals surface area (Å²) in [6.07, 6.45) is -3.02. The molecule has 176 valence electrons. The molecule has 0 aliphatic heterocycles. The molecule has 0 unspecified atom stereocenters. The van der Waals surface area contributed by atoms with Gasteiger partial charge >= 0.3 is 6.18 Å². The molecule has 0 spiro atoms. The summed E-state index contributed by atoms with van der Waals surface area (Å²) in [5.41, 5.74) is 1.32. The molecule has 0 bridgehead atoms. The second kappa shape index (κ2) is 10.2. The summed E-state index contributed by atoms with van der Waals surface area (Å²) in [6, 6.07) is 17.8. The maximum absolute atomic E-state index is 14.6. The number of methoxy groups -OCH3 is 1. The Morgan fingerprint density at radius 3 is 2.62 bits per heavy atom. The van der Waals surface area contributed by atoms with Gasteiger partial charge in [0, 0.05) is 17.8 Å². The second-order valence-corrected chi connectivity index (χ2v) is 7.98. The first kappa shape index (κ1) is 23.6. The van der Waals surface area contributed by atoms with E-state index < -0.39 is 17.7 Å². The number of fused-ring (bicyclic) bond motifs is 1. The van der Waals surface area contributed by atoms with E-state index >= 15 is 0 Å². The van der Waals surface area contributed by atoms with Gasteiger partial charge in [-0.1, -0.05) is 42.5 Å². The second-order valence-electron chi connectivity index (χ2n) is 7.19. The maximum Gasteiger partial charge on any atom is 0.399 e. The van der Waals surface area contributed by atoms with Crippen LogP contribution in [0.3, 0.4) is 0 Å². The Hall–Kier alpha value is -3.53. The average Bonchev–Trinajstić information content (AvgIpc) is 2.82. The number of hydrogen-bond donors (Lipinski definition) is 1. The number of nitrogens with zero attached hydrogens (tertiary/aromatic N) is 2. The molecule has 4 rings (SSSR count). The number of anilines is 1. The SMILES string of the molecule is COc1ncc(-c2nc(OCc3cccc4ccccc34)ccc2F)cc1NSCC(F)(F)F. The van der Waals surface area contributed by atoms with Crippen LogP contribution in [0.25, 0.3) is 22.0 Å². The molecular formula is C24H19F4N3O2S. The summed E-state index contributed by atoms with van der Waals surface area (Å²) in [7, 11) is 1.34. The van der Waals surface area contributed by atoms with Gasteiger partial charge in [-0.15, -0.1) is 0 Å². The maximum atomic E-state index is 14.6. The Balaban J connectivity index is 1.56. The van der Waals surface area contributed by atoms with E-state index in [2.05, 4.69) is 14.7 Å². The number of hydrogen-bond acceptors (Lipinski definition) is 6. The first-order valence-electron chi connectivity index (χ1n) is 10.1. The highest BCUT2D eigenvalue weighted by atomic mass is 32.2. The van der Waals surface area contributed by atoms with Crippen molar-refractivity contribution >= 4 is 28.4 Å². The lowest BCUT2D eigenvalue weighted by Gasteiger charge is -2.13. The van der Waals surface area contributed by atoms with Crippen LogP contribution in [0.4, 0.5) is 23.2 Å².